The third-order valence-electron chi connectivity index (χ3n) is 3.28. The highest BCUT2D eigenvalue weighted by Gasteiger charge is 2.46. The topological polar surface area (TPSA) is 30.7 Å². The van der Waals surface area contributed by atoms with Crippen LogP contribution in [-0.4, -0.2) is 26.3 Å². The van der Waals surface area contributed by atoms with Crippen LogP contribution < -0.4 is 0 Å². The summed E-state index contributed by atoms with van der Waals surface area (Å²) in [6, 6.07) is 0. The molecule has 0 atom stereocenters. The molecule has 17 heavy (non-hydrogen) atoms. The van der Waals surface area contributed by atoms with Crippen molar-refractivity contribution in [2.75, 3.05) is 11.5 Å². The number of aromatic nitrogens is 3. The lowest BCUT2D eigenvalue weighted by Gasteiger charge is -2.22. The monoisotopic (exact) mass is 281 g/mol. The fourth-order valence-electron chi connectivity index (χ4n) is 2.59. The summed E-state index contributed by atoms with van der Waals surface area (Å²) in [5.41, 5.74) is 2.82. The Labute approximate surface area is 112 Å². The summed E-state index contributed by atoms with van der Waals surface area (Å²) in [7, 11) is 0. The average Bonchev–Trinajstić information content (AvgIpc) is 3.09. The Hall–Kier alpha value is -0.460. The summed E-state index contributed by atoms with van der Waals surface area (Å²) in [4.78, 5) is 4.39. The molecular weight excluding hydrogens is 270 g/mol. The summed E-state index contributed by atoms with van der Waals surface area (Å²) in [6.45, 7) is 0. The van der Waals surface area contributed by atoms with E-state index in [4.69, 9.17) is 0 Å². The minimum Gasteiger partial charge on any atom is -0.227 e. The molecule has 0 bridgehead atoms. The van der Waals surface area contributed by atoms with E-state index in [0.29, 0.717) is 0 Å². The van der Waals surface area contributed by atoms with Crippen molar-refractivity contribution in [1.82, 2.24) is 14.8 Å². The fourth-order valence-corrected chi connectivity index (χ4v) is 6.55. The van der Waals surface area contributed by atoms with Crippen LogP contribution in [0.1, 0.15) is 17.7 Å². The number of thioether (sulfide) groups is 2. The molecular formula is C11H11N3S3. The van der Waals surface area contributed by atoms with Gasteiger partial charge in [0, 0.05) is 23.1 Å². The van der Waals surface area contributed by atoms with E-state index < -0.39 is 0 Å². The van der Waals surface area contributed by atoms with Crippen LogP contribution in [-0.2, 0) is 10.5 Å². The van der Waals surface area contributed by atoms with Gasteiger partial charge >= 0.3 is 0 Å². The van der Waals surface area contributed by atoms with Gasteiger partial charge < -0.3 is 0 Å². The molecule has 0 N–H and O–H groups in total. The molecule has 1 saturated heterocycles. The second-order valence-corrected chi connectivity index (χ2v) is 8.11. The molecule has 2 aromatic heterocycles. The molecule has 0 amide bonds. The van der Waals surface area contributed by atoms with E-state index in [1.54, 1.807) is 11.3 Å². The molecule has 0 saturated carbocycles. The van der Waals surface area contributed by atoms with Gasteiger partial charge in [0.25, 0.3) is 0 Å². The minimum absolute atomic E-state index is 0.261. The lowest BCUT2D eigenvalue weighted by Crippen LogP contribution is -2.16. The zero-order valence-electron chi connectivity index (χ0n) is 9.13. The summed E-state index contributed by atoms with van der Waals surface area (Å²) in [5.74, 6) is 2.51. The SMILES string of the molecule is c1csc(-n2ncc3c2C2(CC3)SCCS2)n1. The highest BCUT2D eigenvalue weighted by atomic mass is 32.2. The van der Waals surface area contributed by atoms with E-state index in [1.165, 1.54) is 35.6 Å². The Morgan fingerprint density at radius 2 is 2.18 bits per heavy atom. The second-order valence-electron chi connectivity index (χ2n) is 4.19. The number of fused-ring (bicyclic) bond motifs is 2. The maximum absolute atomic E-state index is 4.54. The molecule has 3 nitrogen and oxygen atoms in total. The molecule has 3 heterocycles. The number of nitrogens with zero attached hydrogens (tertiary/aromatic N) is 3. The van der Waals surface area contributed by atoms with Gasteiger partial charge in [-0.1, -0.05) is 0 Å². The maximum Gasteiger partial charge on any atom is 0.210 e. The Bertz CT molecular complexity index is 540. The number of aryl methyl sites for hydroxylation is 1. The van der Waals surface area contributed by atoms with Crippen LogP contribution in [0.3, 0.4) is 0 Å². The quantitative estimate of drug-likeness (QED) is 0.804. The predicted molar refractivity (Wildman–Crippen MR) is 74.2 cm³/mol. The van der Waals surface area contributed by atoms with Crippen molar-refractivity contribution in [3.8, 4) is 5.13 Å². The van der Waals surface area contributed by atoms with Crippen molar-refractivity contribution < 1.29 is 0 Å². The first-order chi connectivity index (χ1) is 8.39. The lowest BCUT2D eigenvalue weighted by molar-refractivity contribution is 0.740. The highest BCUT2D eigenvalue weighted by Crippen LogP contribution is 2.59. The molecule has 0 radical (unpaired) electrons. The van der Waals surface area contributed by atoms with Crippen LogP contribution in [0.5, 0.6) is 0 Å². The van der Waals surface area contributed by atoms with Crippen LogP contribution in [0.25, 0.3) is 5.13 Å². The van der Waals surface area contributed by atoms with Gasteiger partial charge in [-0.3, -0.25) is 0 Å². The summed E-state index contributed by atoms with van der Waals surface area (Å²) >= 11 is 5.84. The first kappa shape index (κ1) is 10.5. The standard InChI is InChI=1S/C11H11N3S3/c1-2-11(16-5-6-17-11)9-8(1)7-13-14(9)10-12-3-4-15-10/h3-4,7H,1-2,5-6H2. The van der Waals surface area contributed by atoms with Gasteiger partial charge in [-0.05, 0) is 18.4 Å². The van der Waals surface area contributed by atoms with Gasteiger partial charge in [0.15, 0.2) is 0 Å². The fraction of sp³-hybridized carbons (Fsp3) is 0.455. The average molecular weight is 281 g/mol. The minimum atomic E-state index is 0.261. The zero-order chi connectivity index (χ0) is 11.3. The molecule has 88 valence electrons. The first-order valence-corrected chi connectivity index (χ1v) is 8.49. The molecule has 1 spiro atoms. The third kappa shape index (κ3) is 1.44. The number of hydrogen-bond acceptors (Lipinski definition) is 5. The van der Waals surface area contributed by atoms with Crippen LogP contribution in [0.2, 0.25) is 0 Å². The summed E-state index contributed by atoms with van der Waals surface area (Å²) < 4.78 is 2.33. The summed E-state index contributed by atoms with van der Waals surface area (Å²) in [5, 5.41) is 7.55. The van der Waals surface area contributed by atoms with Crippen molar-refractivity contribution in [2.24, 2.45) is 0 Å². The molecule has 2 aromatic rings. The zero-order valence-corrected chi connectivity index (χ0v) is 11.6. The van der Waals surface area contributed by atoms with Crippen molar-refractivity contribution in [3.05, 3.63) is 29.0 Å². The molecule has 0 unspecified atom stereocenters. The molecule has 0 aromatic carbocycles. The van der Waals surface area contributed by atoms with E-state index in [0.717, 1.165) is 5.13 Å². The van der Waals surface area contributed by atoms with Crippen LogP contribution in [0, 0.1) is 0 Å². The smallest absolute Gasteiger partial charge is 0.210 e. The Kier molecular flexibility index (Phi) is 2.32. The molecule has 1 aliphatic carbocycles. The molecule has 6 heteroatoms. The largest absolute Gasteiger partial charge is 0.227 e. The van der Waals surface area contributed by atoms with E-state index >= 15 is 0 Å². The number of rotatable bonds is 1. The highest BCUT2D eigenvalue weighted by molar-refractivity contribution is 8.20. The summed E-state index contributed by atoms with van der Waals surface area (Å²) in [6.07, 6.45) is 6.30. The molecule has 1 fully saturated rings. The molecule has 1 aliphatic heterocycles. The molecule has 2 aliphatic rings. The van der Waals surface area contributed by atoms with E-state index in [-0.39, 0.29) is 4.08 Å². The third-order valence-corrected chi connectivity index (χ3v) is 7.54. The Morgan fingerprint density at radius 3 is 2.94 bits per heavy atom. The van der Waals surface area contributed by atoms with Gasteiger partial charge in [-0.25, -0.2) is 9.67 Å². The maximum atomic E-state index is 4.54. The molecule has 4 rings (SSSR count). The normalized spacial score (nSPS) is 21.2. The van der Waals surface area contributed by atoms with Gasteiger partial charge in [0.05, 0.1) is 11.9 Å². The van der Waals surface area contributed by atoms with Gasteiger partial charge in [-0.15, -0.1) is 34.9 Å². The Morgan fingerprint density at radius 1 is 1.29 bits per heavy atom. The lowest BCUT2D eigenvalue weighted by atomic mass is 10.3. The van der Waals surface area contributed by atoms with Gasteiger partial charge in [0.2, 0.25) is 5.13 Å². The van der Waals surface area contributed by atoms with Crippen LogP contribution in [0.4, 0.5) is 0 Å². The van der Waals surface area contributed by atoms with Crippen LogP contribution in [0.15, 0.2) is 17.8 Å². The number of hydrogen-bond donors (Lipinski definition) is 0. The van der Waals surface area contributed by atoms with E-state index in [2.05, 4.69) is 38.3 Å². The first-order valence-electron chi connectivity index (χ1n) is 5.64. The van der Waals surface area contributed by atoms with Crippen molar-refractivity contribution >= 4 is 34.9 Å². The Balaban J connectivity index is 1.90. The van der Waals surface area contributed by atoms with Crippen molar-refractivity contribution in [1.29, 1.82) is 0 Å². The van der Waals surface area contributed by atoms with Crippen LogP contribution >= 0.6 is 34.9 Å². The second kappa shape index (κ2) is 3.76. The van der Waals surface area contributed by atoms with E-state index in [1.807, 2.05) is 17.8 Å². The van der Waals surface area contributed by atoms with Crippen molar-refractivity contribution in [2.45, 2.75) is 16.9 Å². The van der Waals surface area contributed by atoms with Crippen molar-refractivity contribution in [3.63, 3.8) is 0 Å². The number of thiazole rings is 1. The van der Waals surface area contributed by atoms with E-state index in [9.17, 15) is 0 Å². The van der Waals surface area contributed by atoms with Gasteiger partial charge in [-0.2, -0.15) is 5.10 Å². The predicted octanol–water partition coefficient (Wildman–Crippen LogP) is 2.91. The van der Waals surface area contributed by atoms with Gasteiger partial charge in [0.1, 0.15) is 4.08 Å².